The number of halogens is 5. The van der Waals surface area contributed by atoms with Gasteiger partial charge in [-0.3, -0.25) is 9.59 Å². The molecule has 0 saturated heterocycles. The highest BCUT2D eigenvalue weighted by molar-refractivity contribution is 6.31. The Morgan fingerprint density at radius 3 is 1.59 bits per heavy atom. The molecule has 6 rings (SSSR count). The summed E-state index contributed by atoms with van der Waals surface area (Å²) in [5.74, 6) is 0.622. The molecule has 0 aliphatic rings. The van der Waals surface area contributed by atoms with Crippen molar-refractivity contribution >= 4 is 46.4 Å². The number of aryl methyl sites for hydroxylation is 1. The molecule has 0 fully saturated rings. The molecule has 0 aliphatic heterocycles. The lowest BCUT2D eigenvalue weighted by Crippen LogP contribution is -2.27. The minimum atomic E-state index is -4.65. The monoisotopic (exact) mass is 874 g/mol. The van der Waals surface area contributed by atoms with E-state index in [2.05, 4.69) is 5.32 Å². The molecule has 1 N–H and O–H groups in total. The highest BCUT2D eigenvalue weighted by Crippen LogP contribution is 2.37. The second-order valence-corrected chi connectivity index (χ2v) is 13.9. The first-order chi connectivity index (χ1) is 28.8. The molecule has 0 heterocycles. The number of carbonyl (C=O) groups is 2. The number of ether oxygens (including phenoxy) is 4. The maximum absolute atomic E-state index is 13.4. The van der Waals surface area contributed by atoms with Crippen molar-refractivity contribution in [1.82, 2.24) is 0 Å². The topological polar surface area (TPSA) is 86.3 Å². The van der Waals surface area contributed by atoms with E-state index in [1.165, 1.54) is 6.07 Å². The Balaban J connectivity index is 0.000000265. The van der Waals surface area contributed by atoms with Crippen molar-refractivity contribution in [2.24, 2.45) is 0 Å². The minimum absolute atomic E-state index is 0. The number of rotatable bonds is 14. The Morgan fingerprint density at radius 2 is 1.10 bits per heavy atom. The lowest BCUT2D eigenvalue weighted by Gasteiger charge is -2.22. The number of hydrogen-bond acceptors (Lipinski definition) is 6. The van der Waals surface area contributed by atoms with Gasteiger partial charge in [0.2, 0.25) is 0 Å². The maximum Gasteiger partial charge on any atom is 0.417 e. The Bertz CT molecular complexity index is 2380. The molecule has 0 bridgehead atoms. The number of benzene rings is 6. The largest absolute Gasteiger partial charge is 0.493 e. The summed E-state index contributed by atoms with van der Waals surface area (Å²) in [6.45, 7) is 6.86. The van der Waals surface area contributed by atoms with Gasteiger partial charge in [-0.05, 0) is 98.1 Å². The number of amides is 2. The standard InChI is InChI=1S/C24H24ClNO3.C23H19ClF3NO3.CH4/c1-4-28-21-11-8-12-22(29-16-18-9-6-5-7-10-18)23(21)24(27)26(3)19-13-14-20(25)17(2)15-19;1-2-30-19-9-6-10-20(31-14-15-7-4-3-5-8-15)21(19)22(29)28-16-11-12-18(24)17(13-16)23(25,26)27;/h5-15H,4,16H2,1-3H3;3-13H,2,14H2,1H3,(H,28,29);1H4. The zero-order valence-corrected chi connectivity index (χ0v) is 34.8. The van der Waals surface area contributed by atoms with Gasteiger partial charge in [-0.1, -0.05) is 103 Å². The third-order valence-electron chi connectivity index (χ3n) is 8.85. The molecule has 61 heavy (non-hydrogen) atoms. The number of nitrogens with one attached hydrogen (secondary N) is 1. The quantitative estimate of drug-likeness (QED) is 0.117. The molecule has 0 unspecified atom stereocenters. The van der Waals surface area contributed by atoms with Crippen LogP contribution in [0.5, 0.6) is 23.0 Å². The number of carbonyl (C=O) groups excluding carboxylic acids is 2. The number of anilines is 2. The van der Waals surface area contributed by atoms with Crippen LogP contribution in [0.2, 0.25) is 10.0 Å². The number of nitrogens with zero attached hydrogens (tertiary/aromatic N) is 1. The van der Waals surface area contributed by atoms with E-state index < -0.39 is 22.7 Å². The van der Waals surface area contributed by atoms with E-state index >= 15 is 0 Å². The van der Waals surface area contributed by atoms with E-state index in [0.717, 1.165) is 34.5 Å². The van der Waals surface area contributed by atoms with Crippen LogP contribution in [0.15, 0.2) is 133 Å². The molecule has 0 atom stereocenters. The van der Waals surface area contributed by atoms with Crippen molar-refractivity contribution < 1.29 is 41.7 Å². The predicted octanol–water partition coefficient (Wildman–Crippen LogP) is 13.1. The van der Waals surface area contributed by atoms with Crippen LogP contribution in [0.4, 0.5) is 24.5 Å². The summed E-state index contributed by atoms with van der Waals surface area (Å²) in [6, 6.07) is 38.1. The van der Waals surface area contributed by atoms with Crippen LogP contribution in [0.1, 0.15) is 64.2 Å². The summed E-state index contributed by atoms with van der Waals surface area (Å²) in [7, 11) is 1.73. The van der Waals surface area contributed by atoms with E-state index in [1.807, 2.05) is 92.7 Å². The fourth-order valence-corrected chi connectivity index (χ4v) is 6.20. The molecule has 2 amide bonds. The van der Waals surface area contributed by atoms with Crippen molar-refractivity contribution in [3.63, 3.8) is 0 Å². The molecule has 6 aromatic carbocycles. The average molecular weight is 876 g/mol. The predicted molar refractivity (Wildman–Crippen MR) is 237 cm³/mol. The molecule has 13 heteroatoms. The van der Waals surface area contributed by atoms with Gasteiger partial charge < -0.3 is 29.2 Å². The van der Waals surface area contributed by atoms with Crippen LogP contribution in [0.3, 0.4) is 0 Å². The third-order valence-corrected chi connectivity index (χ3v) is 9.61. The molecular formula is C48H47Cl2F3N2O6. The summed E-state index contributed by atoms with van der Waals surface area (Å²) in [4.78, 5) is 28.0. The number of hydrogen-bond donors (Lipinski definition) is 1. The first-order valence-corrected chi connectivity index (χ1v) is 19.6. The molecule has 0 spiro atoms. The molecule has 8 nitrogen and oxygen atoms in total. The number of alkyl halides is 3. The second kappa shape index (κ2) is 22.4. The second-order valence-electron chi connectivity index (χ2n) is 13.1. The van der Waals surface area contributed by atoms with E-state index in [0.29, 0.717) is 41.9 Å². The van der Waals surface area contributed by atoms with Crippen LogP contribution in [0.25, 0.3) is 0 Å². The van der Waals surface area contributed by atoms with Crippen LogP contribution in [-0.2, 0) is 19.4 Å². The van der Waals surface area contributed by atoms with Crippen LogP contribution in [0, 0.1) is 6.92 Å². The van der Waals surface area contributed by atoms with Gasteiger partial charge >= 0.3 is 6.18 Å². The summed E-state index contributed by atoms with van der Waals surface area (Å²) < 4.78 is 62.5. The summed E-state index contributed by atoms with van der Waals surface area (Å²) in [5, 5.41) is 2.69. The highest BCUT2D eigenvalue weighted by atomic mass is 35.5. The highest BCUT2D eigenvalue weighted by Gasteiger charge is 2.34. The zero-order chi connectivity index (χ0) is 43.2. The summed E-state index contributed by atoms with van der Waals surface area (Å²) in [6.07, 6.45) is -4.65. The first-order valence-electron chi connectivity index (χ1n) is 18.9. The van der Waals surface area contributed by atoms with Gasteiger partial charge in [-0.2, -0.15) is 13.2 Å². The fourth-order valence-electron chi connectivity index (χ4n) is 5.86. The molecule has 320 valence electrons. The zero-order valence-electron chi connectivity index (χ0n) is 33.3. The smallest absolute Gasteiger partial charge is 0.417 e. The lowest BCUT2D eigenvalue weighted by molar-refractivity contribution is -0.137. The Hall–Kier alpha value is -6.17. The van der Waals surface area contributed by atoms with Crippen molar-refractivity contribution in [2.45, 2.75) is 47.6 Å². The Kier molecular flexibility index (Phi) is 17.5. The molecule has 0 radical (unpaired) electrons. The summed E-state index contributed by atoms with van der Waals surface area (Å²) >= 11 is 11.8. The fraction of sp³-hybridized carbons (Fsp3) is 0.208. The molecule has 0 saturated carbocycles. The first kappa shape index (κ1) is 47.5. The average Bonchev–Trinajstić information content (AvgIpc) is 3.24. The molecular weight excluding hydrogens is 828 g/mol. The summed E-state index contributed by atoms with van der Waals surface area (Å²) in [5.41, 5.74) is 2.97. The normalized spacial score (nSPS) is 10.6. The SMILES string of the molecule is C.CCOc1cccc(OCc2ccccc2)c1C(=O)N(C)c1ccc(Cl)c(C)c1.CCOc1cccc(OCc2ccccc2)c1C(=O)Nc1ccc(Cl)c(C(F)(F)F)c1. The van der Waals surface area contributed by atoms with Crippen LogP contribution in [-0.4, -0.2) is 32.1 Å². The Labute approximate surface area is 364 Å². The lowest BCUT2D eigenvalue weighted by atomic mass is 10.1. The van der Waals surface area contributed by atoms with E-state index in [1.54, 1.807) is 55.3 Å². The Morgan fingerprint density at radius 1 is 0.623 bits per heavy atom. The van der Waals surface area contributed by atoms with Crippen LogP contribution >= 0.6 is 23.2 Å². The van der Waals surface area contributed by atoms with Gasteiger partial charge in [0.25, 0.3) is 11.8 Å². The van der Waals surface area contributed by atoms with Gasteiger partial charge in [-0.25, -0.2) is 0 Å². The van der Waals surface area contributed by atoms with Crippen molar-refractivity contribution in [3.05, 3.63) is 177 Å². The van der Waals surface area contributed by atoms with Gasteiger partial charge in [-0.15, -0.1) is 0 Å². The van der Waals surface area contributed by atoms with Gasteiger partial charge in [0.1, 0.15) is 47.3 Å². The van der Waals surface area contributed by atoms with E-state index in [4.69, 9.17) is 42.1 Å². The van der Waals surface area contributed by atoms with Crippen LogP contribution < -0.4 is 29.2 Å². The third kappa shape index (κ3) is 12.9. The van der Waals surface area contributed by atoms with Crippen molar-refractivity contribution in [1.29, 1.82) is 0 Å². The van der Waals surface area contributed by atoms with Gasteiger partial charge in [0.05, 0.1) is 23.8 Å². The molecule has 0 aromatic heterocycles. The van der Waals surface area contributed by atoms with Crippen molar-refractivity contribution in [2.75, 3.05) is 30.5 Å². The van der Waals surface area contributed by atoms with Gasteiger partial charge in [0.15, 0.2) is 0 Å². The van der Waals surface area contributed by atoms with Gasteiger partial charge in [0, 0.05) is 23.4 Å². The van der Waals surface area contributed by atoms with E-state index in [9.17, 15) is 22.8 Å². The maximum atomic E-state index is 13.4. The minimum Gasteiger partial charge on any atom is -0.493 e. The van der Waals surface area contributed by atoms with Crippen molar-refractivity contribution in [3.8, 4) is 23.0 Å². The molecule has 0 aliphatic carbocycles. The molecule has 6 aromatic rings. The van der Waals surface area contributed by atoms with E-state index in [-0.39, 0.29) is 42.7 Å².